The molecule has 0 aromatic heterocycles. The van der Waals surface area contributed by atoms with Crippen molar-refractivity contribution in [2.24, 2.45) is 0 Å². The molecule has 1 atom stereocenters. The average Bonchev–Trinajstić information content (AvgIpc) is 1.97. The van der Waals surface area contributed by atoms with Crippen molar-refractivity contribution < 1.29 is 55.2 Å². The number of carbonyl (C=O) groups is 2. The Bertz CT molecular complexity index is 218. The van der Waals surface area contributed by atoms with Crippen molar-refractivity contribution in [2.45, 2.75) is 6.35 Å². The maximum absolute atomic E-state index is 10.7. The molecule has 0 spiro atoms. The van der Waals surface area contributed by atoms with Crippen LogP contribution in [0.25, 0.3) is 0 Å². The van der Waals surface area contributed by atoms with E-state index in [1.165, 1.54) is 0 Å². The second-order valence-corrected chi connectivity index (χ2v) is 2.40. The molecule has 14 heavy (non-hydrogen) atoms. The number of imide groups is 1. The molecule has 0 radical (unpaired) electrons. The van der Waals surface area contributed by atoms with E-state index in [-0.39, 0.29) is 44.9 Å². The molecule has 11 heteroatoms. The third-order valence-electron chi connectivity index (χ3n) is 0.996. The van der Waals surface area contributed by atoms with E-state index in [4.69, 9.17) is 28.7 Å². The molecule has 0 saturated carbocycles. The first-order chi connectivity index (χ1) is 5.04. The summed E-state index contributed by atoms with van der Waals surface area (Å²) in [6.45, 7) is 0. The normalized spacial score (nSPS) is 20.1. The number of aliphatic hydroxyl groups excluding tert-OH is 1. The minimum Gasteiger partial charge on any atom is -0.412 e. The molecule has 1 heterocycles. The van der Waals surface area contributed by atoms with Gasteiger partial charge in [0.25, 0.3) is 0 Å². The topological polar surface area (TPSA) is 136 Å². The van der Waals surface area contributed by atoms with E-state index in [9.17, 15) is 9.59 Å². The third-order valence-corrected chi connectivity index (χ3v) is 1.62. The van der Waals surface area contributed by atoms with Crippen molar-refractivity contribution in [1.29, 1.82) is 0 Å². The Morgan fingerprint density at radius 1 is 1.29 bits per heavy atom. The summed E-state index contributed by atoms with van der Waals surface area (Å²) in [5.74, 6) is 0. The zero-order valence-electron chi connectivity index (χ0n) is 6.99. The van der Waals surface area contributed by atoms with Gasteiger partial charge in [-0.2, -0.15) is 8.84 Å². The monoisotopic (exact) mass is 258 g/mol. The smallest absolute Gasteiger partial charge is 0.412 e. The first kappa shape index (κ1) is 19.7. The van der Waals surface area contributed by atoms with E-state index in [2.05, 4.69) is 0 Å². The number of urea groups is 2. The standard InChI is InChI=1S/C3H3Cl2N3O3.Na.2H2O/c4-7-1(9)6-2(10)8(5)3(7)11;;;/h1,9H,(H,6,10);;2*1H2/q;+1;;. The number of hydrogen-bond acceptors (Lipinski definition) is 3. The number of nitrogens with zero attached hydrogens (tertiary/aromatic N) is 2. The zero-order valence-corrected chi connectivity index (χ0v) is 10.5. The van der Waals surface area contributed by atoms with Gasteiger partial charge in [0.2, 0.25) is 6.35 Å². The Balaban J connectivity index is -0.000000403. The first-order valence-corrected chi connectivity index (χ1v) is 3.15. The minimum atomic E-state index is -1.54. The summed E-state index contributed by atoms with van der Waals surface area (Å²) in [6, 6.07) is -1.91. The van der Waals surface area contributed by atoms with Crippen LogP contribution in [0.4, 0.5) is 9.59 Å². The fraction of sp³-hybridized carbons (Fsp3) is 0.333. The zero-order chi connectivity index (χ0) is 8.59. The van der Waals surface area contributed by atoms with E-state index >= 15 is 0 Å². The molecule has 78 valence electrons. The largest absolute Gasteiger partial charge is 1.00 e. The Morgan fingerprint density at radius 2 is 1.71 bits per heavy atom. The maximum atomic E-state index is 10.7. The van der Waals surface area contributed by atoms with E-state index in [0.717, 1.165) is 0 Å². The van der Waals surface area contributed by atoms with Gasteiger partial charge in [0, 0.05) is 23.6 Å². The van der Waals surface area contributed by atoms with Crippen molar-refractivity contribution in [2.75, 3.05) is 0 Å². The van der Waals surface area contributed by atoms with Crippen LogP contribution in [0.5, 0.6) is 0 Å². The summed E-state index contributed by atoms with van der Waals surface area (Å²) in [5, 5.41) is 10.7. The molecule has 0 aliphatic carbocycles. The number of aliphatic hydroxyl groups is 1. The van der Waals surface area contributed by atoms with E-state index in [1.54, 1.807) is 0 Å². The third kappa shape index (κ3) is 3.75. The molecule has 1 aliphatic heterocycles. The molecule has 0 aromatic carbocycles. The summed E-state index contributed by atoms with van der Waals surface area (Å²) < 4.78 is 0.578. The number of carbonyl (C=O) groups excluding carboxylic acids is 2. The van der Waals surface area contributed by atoms with Gasteiger partial charge in [-0.15, -0.1) is 0 Å². The molecule has 1 unspecified atom stereocenters. The average molecular weight is 259 g/mol. The summed E-state index contributed by atoms with van der Waals surface area (Å²) in [6.07, 6.45) is -1.54. The summed E-state index contributed by atoms with van der Waals surface area (Å²) in [5.41, 5.74) is 0. The van der Waals surface area contributed by atoms with Crippen LogP contribution in [-0.2, 0) is 0 Å². The Kier molecular flexibility index (Phi) is 10.5. The van der Waals surface area contributed by atoms with Crippen molar-refractivity contribution >= 4 is 35.6 Å². The Hall–Kier alpha value is 0.200. The summed E-state index contributed by atoms with van der Waals surface area (Å²) in [4.78, 5) is 21.3. The van der Waals surface area contributed by atoms with E-state index in [0.29, 0.717) is 4.42 Å². The van der Waals surface area contributed by atoms with Crippen molar-refractivity contribution in [3.05, 3.63) is 0 Å². The quantitative estimate of drug-likeness (QED) is 0.334. The molecule has 1 aliphatic rings. The second kappa shape index (κ2) is 7.49. The molecular weight excluding hydrogens is 252 g/mol. The van der Waals surface area contributed by atoms with Crippen LogP contribution in [0.3, 0.4) is 0 Å². The van der Waals surface area contributed by atoms with Gasteiger partial charge in [0.05, 0.1) is 0 Å². The number of halogens is 2. The molecule has 1 fully saturated rings. The molecule has 6 N–H and O–H groups in total. The fourth-order valence-corrected chi connectivity index (χ4v) is 0.792. The number of nitrogens with one attached hydrogen (secondary N) is 1. The molecular formula is C3H7Cl2N3NaO5+. The van der Waals surface area contributed by atoms with Crippen LogP contribution in [-0.4, -0.2) is 43.3 Å². The van der Waals surface area contributed by atoms with Crippen molar-refractivity contribution in [3.63, 3.8) is 0 Å². The van der Waals surface area contributed by atoms with Crippen LogP contribution in [0, 0.1) is 0 Å². The van der Waals surface area contributed by atoms with Crippen LogP contribution in [0.2, 0.25) is 0 Å². The summed E-state index contributed by atoms with van der Waals surface area (Å²) in [7, 11) is 0. The Labute approximate surface area is 111 Å². The van der Waals surface area contributed by atoms with Crippen LogP contribution >= 0.6 is 23.6 Å². The Morgan fingerprint density at radius 3 is 2.14 bits per heavy atom. The first-order valence-electron chi connectivity index (χ1n) is 2.47. The molecule has 8 nitrogen and oxygen atoms in total. The number of amides is 4. The molecule has 0 aromatic rings. The van der Waals surface area contributed by atoms with Gasteiger partial charge in [-0.05, 0) is 0 Å². The minimum absolute atomic E-state index is 0. The van der Waals surface area contributed by atoms with Crippen molar-refractivity contribution in [1.82, 2.24) is 14.2 Å². The molecule has 4 amide bonds. The SMILES string of the molecule is O.O.O=C1NC(O)N(Cl)C(=O)N1Cl.[Na+]. The van der Waals surface area contributed by atoms with E-state index < -0.39 is 18.4 Å². The summed E-state index contributed by atoms with van der Waals surface area (Å²) >= 11 is 10.3. The predicted octanol–water partition coefficient (Wildman–Crippen LogP) is -4.63. The predicted molar refractivity (Wildman–Crippen MR) is 42.5 cm³/mol. The number of hydrogen-bond donors (Lipinski definition) is 2. The van der Waals surface area contributed by atoms with Crippen molar-refractivity contribution in [3.8, 4) is 0 Å². The van der Waals surface area contributed by atoms with Gasteiger partial charge in [0.15, 0.2) is 0 Å². The van der Waals surface area contributed by atoms with Gasteiger partial charge < -0.3 is 16.1 Å². The van der Waals surface area contributed by atoms with Gasteiger partial charge in [-0.25, -0.2) is 9.59 Å². The second-order valence-electron chi connectivity index (χ2n) is 1.70. The van der Waals surface area contributed by atoms with Gasteiger partial charge in [-0.3, -0.25) is 5.32 Å². The van der Waals surface area contributed by atoms with Crippen LogP contribution in [0.15, 0.2) is 0 Å². The van der Waals surface area contributed by atoms with Gasteiger partial charge >= 0.3 is 41.6 Å². The molecule has 1 saturated heterocycles. The van der Waals surface area contributed by atoms with Crippen LogP contribution in [0.1, 0.15) is 0 Å². The number of rotatable bonds is 0. The molecule has 0 bridgehead atoms. The fourth-order valence-electron chi connectivity index (χ4n) is 0.499. The molecule has 1 rings (SSSR count). The van der Waals surface area contributed by atoms with Crippen LogP contribution < -0.4 is 34.9 Å². The van der Waals surface area contributed by atoms with E-state index in [1.807, 2.05) is 5.32 Å². The van der Waals surface area contributed by atoms with Gasteiger partial charge in [-0.1, -0.05) is 0 Å². The maximum Gasteiger partial charge on any atom is 1.00 e. The van der Waals surface area contributed by atoms with Gasteiger partial charge in [0.1, 0.15) is 0 Å².